The van der Waals surface area contributed by atoms with Gasteiger partial charge in [-0.05, 0) is 24.1 Å². The lowest BCUT2D eigenvalue weighted by molar-refractivity contribution is 0.0527. The highest BCUT2D eigenvalue weighted by atomic mass is 16.5. The molecule has 86 valence electrons. The molecule has 17 heavy (non-hydrogen) atoms. The Bertz CT molecular complexity index is 503. The summed E-state index contributed by atoms with van der Waals surface area (Å²) in [7, 11) is 0. The van der Waals surface area contributed by atoms with E-state index in [4.69, 9.17) is 4.74 Å². The zero-order chi connectivity index (χ0) is 12.1. The predicted octanol–water partition coefficient (Wildman–Crippen LogP) is 3.53. The van der Waals surface area contributed by atoms with Crippen molar-refractivity contribution >= 4 is 5.97 Å². The Morgan fingerprint density at radius 1 is 1.00 bits per heavy atom. The third-order valence-corrected chi connectivity index (χ3v) is 2.51. The fraction of sp³-hybridized carbons (Fsp3) is 0.133. The van der Waals surface area contributed by atoms with Gasteiger partial charge in [0.05, 0.1) is 12.2 Å². The summed E-state index contributed by atoms with van der Waals surface area (Å²) in [6, 6.07) is 17.3. The topological polar surface area (TPSA) is 26.3 Å². The van der Waals surface area contributed by atoms with Crippen LogP contribution in [0.25, 0.3) is 11.1 Å². The van der Waals surface area contributed by atoms with Crippen molar-refractivity contribution in [2.24, 2.45) is 0 Å². The van der Waals surface area contributed by atoms with E-state index in [9.17, 15) is 4.79 Å². The second kappa shape index (κ2) is 5.30. The Balaban J connectivity index is 2.45. The van der Waals surface area contributed by atoms with Crippen LogP contribution in [0.1, 0.15) is 17.3 Å². The molecule has 2 aromatic carbocycles. The minimum atomic E-state index is -0.271. The molecular formula is C15H14O2. The van der Waals surface area contributed by atoms with Gasteiger partial charge < -0.3 is 4.74 Å². The maximum atomic E-state index is 11.8. The highest BCUT2D eigenvalue weighted by Gasteiger charge is 2.12. The Morgan fingerprint density at radius 3 is 2.35 bits per heavy atom. The Hall–Kier alpha value is -2.09. The second-order valence-corrected chi connectivity index (χ2v) is 3.63. The van der Waals surface area contributed by atoms with Crippen LogP contribution in [-0.4, -0.2) is 12.6 Å². The normalized spacial score (nSPS) is 9.94. The molecule has 2 nitrogen and oxygen atoms in total. The summed E-state index contributed by atoms with van der Waals surface area (Å²) in [6.07, 6.45) is 0. The van der Waals surface area contributed by atoms with E-state index in [-0.39, 0.29) is 5.97 Å². The number of hydrogen-bond donors (Lipinski definition) is 0. The molecule has 0 aliphatic rings. The maximum absolute atomic E-state index is 11.8. The molecule has 0 aliphatic heterocycles. The highest BCUT2D eigenvalue weighted by Crippen LogP contribution is 2.23. The summed E-state index contributed by atoms with van der Waals surface area (Å²) in [5.74, 6) is -0.271. The van der Waals surface area contributed by atoms with Crippen LogP contribution in [-0.2, 0) is 4.74 Å². The number of rotatable bonds is 3. The molecule has 0 saturated carbocycles. The van der Waals surface area contributed by atoms with Crippen molar-refractivity contribution in [2.45, 2.75) is 6.92 Å². The van der Waals surface area contributed by atoms with Crippen LogP contribution in [0.5, 0.6) is 0 Å². The van der Waals surface area contributed by atoms with E-state index in [0.717, 1.165) is 11.1 Å². The Kier molecular flexibility index (Phi) is 3.55. The lowest BCUT2D eigenvalue weighted by Crippen LogP contribution is -2.06. The van der Waals surface area contributed by atoms with Crippen molar-refractivity contribution in [1.29, 1.82) is 0 Å². The van der Waals surface area contributed by atoms with Gasteiger partial charge in [0, 0.05) is 0 Å². The van der Waals surface area contributed by atoms with Crippen LogP contribution in [0.3, 0.4) is 0 Å². The molecule has 0 saturated heterocycles. The maximum Gasteiger partial charge on any atom is 0.338 e. The Morgan fingerprint density at radius 2 is 1.65 bits per heavy atom. The molecule has 0 atom stereocenters. The SMILES string of the molecule is CCOC(=O)c1ccccc1-c1ccccc1. The number of ether oxygens (including phenoxy) is 1. The van der Waals surface area contributed by atoms with Crippen LogP contribution >= 0.6 is 0 Å². The first-order chi connectivity index (χ1) is 8.33. The monoisotopic (exact) mass is 226 g/mol. The number of carbonyl (C=O) groups is 1. The summed E-state index contributed by atoms with van der Waals surface area (Å²) in [5, 5.41) is 0. The van der Waals surface area contributed by atoms with Gasteiger partial charge in [0.15, 0.2) is 0 Å². The first-order valence-corrected chi connectivity index (χ1v) is 5.64. The van der Waals surface area contributed by atoms with E-state index in [2.05, 4.69) is 0 Å². The van der Waals surface area contributed by atoms with Gasteiger partial charge in [-0.25, -0.2) is 4.79 Å². The van der Waals surface area contributed by atoms with Crippen molar-refractivity contribution in [2.75, 3.05) is 6.61 Å². The molecule has 0 radical (unpaired) electrons. The van der Waals surface area contributed by atoms with Crippen LogP contribution in [0, 0.1) is 0 Å². The minimum Gasteiger partial charge on any atom is -0.462 e. The third kappa shape index (κ3) is 2.53. The molecule has 2 aromatic rings. The van der Waals surface area contributed by atoms with Gasteiger partial charge in [0.2, 0.25) is 0 Å². The van der Waals surface area contributed by atoms with Crippen molar-refractivity contribution in [3.63, 3.8) is 0 Å². The molecule has 0 spiro atoms. The third-order valence-electron chi connectivity index (χ3n) is 2.51. The van der Waals surface area contributed by atoms with Crippen molar-refractivity contribution in [3.05, 3.63) is 60.2 Å². The van der Waals surface area contributed by atoms with Crippen LogP contribution in [0.15, 0.2) is 54.6 Å². The average molecular weight is 226 g/mol. The first kappa shape index (κ1) is 11.4. The number of hydrogen-bond acceptors (Lipinski definition) is 2. The quantitative estimate of drug-likeness (QED) is 0.748. The number of esters is 1. The average Bonchev–Trinajstić information content (AvgIpc) is 2.40. The molecule has 0 aromatic heterocycles. The van der Waals surface area contributed by atoms with E-state index in [1.54, 1.807) is 6.07 Å². The largest absolute Gasteiger partial charge is 0.462 e. The van der Waals surface area contributed by atoms with Crippen LogP contribution < -0.4 is 0 Å². The smallest absolute Gasteiger partial charge is 0.338 e. The molecular weight excluding hydrogens is 212 g/mol. The summed E-state index contributed by atoms with van der Waals surface area (Å²) >= 11 is 0. The van der Waals surface area contributed by atoms with Gasteiger partial charge in [-0.2, -0.15) is 0 Å². The van der Waals surface area contributed by atoms with Crippen molar-refractivity contribution in [3.8, 4) is 11.1 Å². The van der Waals surface area contributed by atoms with Gasteiger partial charge in [-0.3, -0.25) is 0 Å². The molecule has 0 heterocycles. The molecule has 0 aliphatic carbocycles. The van der Waals surface area contributed by atoms with E-state index >= 15 is 0 Å². The van der Waals surface area contributed by atoms with Crippen LogP contribution in [0.2, 0.25) is 0 Å². The zero-order valence-electron chi connectivity index (χ0n) is 9.72. The van der Waals surface area contributed by atoms with E-state index in [1.807, 2.05) is 55.5 Å². The molecule has 2 heteroatoms. The van der Waals surface area contributed by atoms with Gasteiger partial charge in [0.25, 0.3) is 0 Å². The fourth-order valence-electron chi connectivity index (χ4n) is 1.74. The molecule has 2 rings (SSSR count). The molecule has 0 fully saturated rings. The summed E-state index contributed by atoms with van der Waals surface area (Å²) in [5.41, 5.74) is 2.54. The zero-order valence-corrected chi connectivity index (χ0v) is 9.72. The Labute approximate surface area is 101 Å². The van der Waals surface area contributed by atoms with Gasteiger partial charge in [-0.1, -0.05) is 48.5 Å². The summed E-state index contributed by atoms with van der Waals surface area (Å²) in [6.45, 7) is 2.20. The first-order valence-electron chi connectivity index (χ1n) is 5.64. The fourth-order valence-corrected chi connectivity index (χ4v) is 1.74. The lowest BCUT2D eigenvalue weighted by Gasteiger charge is -2.08. The second-order valence-electron chi connectivity index (χ2n) is 3.63. The predicted molar refractivity (Wildman–Crippen MR) is 67.8 cm³/mol. The van der Waals surface area contributed by atoms with Crippen LogP contribution in [0.4, 0.5) is 0 Å². The lowest BCUT2D eigenvalue weighted by atomic mass is 10.00. The van der Waals surface area contributed by atoms with E-state index < -0.39 is 0 Å². The highest BCUT2D eigenvalue weighted by molar-refractivity contribution is 5.97. The van der Waals surface area contributed by atoms with Gasteiger partial charge in [-0.15, -0.1) is 0 Å². The molecule has 0 N–H and O–H groups in total. The van der Waals surface area contributed by atoms with E-state index in [0.29, 0.717) is 12.2 Å². The van der Waals surface area contributed by atoms with Gasteiger partial charge >= 0.3 is 5.97 Å². The molecule has 0 bridgehead atoms. The summed E-state index contributed by atoms with van der Waals surface area (Å²) < 4.78 is 5.05. The standard InChI is InChI=1S/C15H14O2/c1-2-17-15(16)14-11-7-6-10-13(14)12-8-4-3-5-9-12/h3-11H,2H2,1H3. The molecule has 0 unspecified atom stereocenters. The summed E-state index contributed by atoms with van der Waals surface area (Å²) in [4.78, 5) is 11.8. The minimum absolute atomic E-state index is 0.271. The van der Waals surface area contributed by atoms with Crippen molar-refractivity contribution in [1.82, 2.24) is 0 Å². The van der Waals surface area contributed by atoms with Gasteiger partial charge in [0.1, 0.15) is 0 Å². The number of carbonyl (C=O) groups excluding carboxylic acids is 1. The van der Waals surface area contributed by atoms with E-state index in [1.165, 1.54) is 0 Å². The molecule has 0 amide bonds. The van der Waals surface area contributed by atoms with Crippen molar-refractivity contribution < 1.29 is 9.53 Å². The number of benzene rings is 2.